The van der Waals surface area contributed by atoms with Crippen molar-refractivity contribution in [2.75, 3.05) is 7.11 Å². The summed E-state index contributed by atoms with van der Waals surface area (Å²) in [5, 5.41) is 0. The molecule has 2 nitrogen and oxygen atoms in total. The number of hydrogen-bond donors (Lipinski definition) is 0. The largest absolute Gasteiger partial charge is 0.465 e. The molecule has 0 N–H and O–H groups in total. The lowest BCUT2D eigenvalue weighted by Crippen LogP contribution is -2.06. The number of carbonyl (C=O) groups is 1. The minimum Gasteiger partial charge on any atom is -0.465 e. The van der Waals surface area contributed by atoms with Crippen molar-refractivity contribution in [2.45, 2.75) is 6.67 Å². The topological polar surface area (TPSA) is 26.3 Å². The van der Waals surface area contributed by atoms with Gasteiger partial charge in [-0.05, 0) is 29.3 Å². The molecule has 2 rings (SSSR count). The summed E-state index contributed by atoms with van der Waals surface area (Å²) in [6, 6.07) is 10.5. The predicted octanol–water partition coefficient (Wildman–Crippen LogP) is 3.75. The number of ether oxygens (including phenoxy) is 1. The van der Waals surface area contributed by atoms with E-state index in [1.807, 2.05) is 0 Å². The fourth-order valence-electron chi connectivity index (χ4n) is 1.93. The van der Waals surface area contributed by atoms with E-state index < -0.39 is 12.6 Å². The fraction of sp³-hybridized carbons (Fsp3) is 0.133. The first kappa shape index (κ1) is 13.2. The lowest BCUT2D eigenvalue weighted by atomic mass is 9.96. The highest BCUT2D eigenvalue weighted by Crippen LogP contribution is 2.27. The van der Waals surface area contributed by atoms with Crippen molar-refractivity contribution in [3.05, 3.63) is 59.4 Å². The van der Waals surface area contributed by atoms with E-state index in [1.54, 1.807) is 24.3 Å². The van der Waals surface area contributed by atoms with Crippen LogP contribution in [0.2, 0.25) is 0 Å². The van der Waals surface area contributed by atoms with Crippen LogP contribution in [0.3, 0.4) is 0 Å². The van der Waals surface area contributed by atoms with Gasteiger partial charge in [-0.2, -0.15) is 0 Å². The monoisotopic (exact) mass is 262 g/mol. The van der Waals surface area contributed by atoms with Crippen LogP contribution in [0.5, 0.6) is 0 Å². The van der Waals surface area contributed by atoms with Gasteiger partial charge in [0.2, 0.25) is 0 Å². The van der Waals surface area contributed by atoms with Crippen LogP contribution in [0.15, 0.2) is 42.5 Å². The highest BCUT2D eigenvalue weighted by atomic mass is 19.1. The van der Waals surface area contributed by atoms with Crippen LogP contribution < -0.4 is 0 Å². The highest BCUT2D eigenvalue weighted by molar-refractivity contribution is 5.93. The zero-order valence-corrected chi connectivity index (χ0v) is 10.3. The van der Waals surface area contributed by atoms with Crippen LogP contribution in [0.1, 0.15) is 15.9 Å². The van der Waals surface area contributed by atoms with Crippen LogP contribution in [0, 0.1) is 5.82 Å². The molecule has 0 amide bonds. The summed E-state index contributed by atoms with van der Waals surface area (Å²) < 4.78 is 30.7. The van der Waals surface area contributed by atoms with Gasteiger partial charge in [0.1, 0.15) is 12.5 Å². The number of alkyl halides is 1. The van der Waals surface area contributed by atoms with E-state index in [-0.39, 0.29) is 16.9 Å². The average molecular weight is 262 g/mol. The molecule has 0 bridgehead atoms. The lowest BCUT2D eigenvalue weighted by Gasteiger charge is -2.11. The van der Waals surface area contributed by atoms with Gasteiger partial charge in [0.05, 0.1) is 12.7 Å². The number of methoxy groups -OCH3 is 1. The van der Waals surface area contributed by atoms with Crippen LogP contribution in [-0.2, 0) is 11.4 Å². The van der Waals surface area contributed by atoms with Gasteiger partial charge in [0.25, 0.3) is 0 Å². The van der Waals surface area contributed by atoms with Crippen LogP contribution >= 0.6 is 0 Å². The van der Waals surface area contributed by atoms with Crippen molar-refractivity contribution in [3.8, 4) is 11.1 Å². The summed E-state index contributed by atoms with van der Waals surface area (Å²) in [7, 11) is 1.24. The zero-order valence-electron chi connectivity index (χ0n) is 10.3. The molecule has 98 valence electrons. The third kappa shape index (κ3) is 2.62. The third-order valence-corrected chi connectivity index (χ3v) is 2.87. The van der Waals surface area contributed by atoms with E-state index in [2.05, 4.69) is 4.74 Å². The molecule has 0 aliphatic heterocycles. The van der Waals surface area contributed by atoms with Crippen molar-refractivity contribution in [2.24, 2.45) is 0 Å². The van der Waals surface area contributed by atoms with Crippen LogP contribution in [-0.4, -0.2) is 13.1 Å². The predicted molar refractivity (Wildman–Crippen MR) is 68.0 cm³/mol. The second kappa shape index (κ2) is 5.61. The summed E-state index contributed by atoms with van der Waals surface area (Å²) in [5.74, 6) is -0.953. The minimum absolute atomic E-state index is 0.187. The first-order chi connectivity index (χ1) is 9.17. The second-order valence-corrected chi connectivity index (χ2v) is 3.96. The summed E-state index contributed by atoms with van der Waals surface area (Å²) >= 11 is 0. The molecule has 0 fully saturated rings. The van der Waals surface area contributed by atoms with E-state index >= 15 is 0 Å². The number of hydrogen-bond acceptors (Lipinski definition) is 2. The first-order valence-corrected chi connectivity index (χ1v) is 5.69. The first-order valence-electron chi connectivity index (χ1n) is 5.69. The molecule has 0 spiro atoms. The van der Waals surface area contributed by atoms with Crippen LogP contribution in [0.4, 0.5) is 8.78 Å². The Morgan fingerprint density at radius 1 is 1.16 bits per heavy atom. The van der Waals surface area contributed by atoms with Crippen molar-refractivity contribution in [1.82, 2.24) is 0 Å². The Morgan fingerprint density at radius 3 is 2.42 bits per heavy atom. The molecule has 2 aromatic carbocycles. The Kier molecular flexibility index (Phi) is 3.90. The smallest absolute Gasteiger partial charge is 0.338 e. The number of esters is 1. The van der Waals surface area contributed by atoms with Gasteiger partial charge in [-0.3, -0.25) is 0 Å². The van der Waals surface area contributed by atoms with Gasteiger partial charge in [-0.25, -0.2) is 13.6 Å². The molecule has 0 heterocycles. The van der Waals surface area contributed by atoms with Gasteiger partial charge < -0.3 is 4.74 Å². The summed E-state index contributed by atoms with van der Waals surface area (Å²) in [6.45, 7) is -0.794. The maximum absolute atomic E-state index is 13.2. The van der Waals surface area contributed by atoms with E-state index in [4.69, 9.17) is 0 Å². The van der Waals surface area contributed by atoms with E-state index in [0.29, 0.717) is 11.1 Å². The molecule has 4 heteroatoms. The molecule has 0 unspecified atom stereocenters. The summed E-state index contributed by atoms with van der Waals surface area (Å²) in [6.07, 6.45) is 0. The van der Waals surface area contributed by atoms with Crippen molar-refractivity contribution >= 4 is 5.97 Å². The molecule has 0 saturated heterocycles. The quantitative estimate of drug-likeness (QED) is 0.787. The molecule has 0 aliphatic carbocycles. The molecule has 0 aromatic heterocycles. The lowest BCUT2D eigenvalue weighted by molar-refractivity contribution is 0.0598. The average Bonchev–Trinajstić information content (AvgIpc) is 2.46. The minimum atomic E-state index is -0.794. The zero-order chi connectivity index (χ0) is 13.8. The molecule has 0 aliphatic rings. The summed E-state index contributed by atoms with van der Waals surface area (Å²) in [5.41, 5.74) is 1.65. The van der Waals surface area contributed by atoms with Gasteiger partial charge in [0, 0.05) is 5.56 Å². The molecule has 2 aromatic rings. The standard InChI is InChI=1S/C15H12F2O2/c1-19-15(18)13-4-2-3-12(14(13)9-16)10-5-7-11(17)8-6-10/h2-8H,9H2,1H3. The van der Waals surface area contributed by atoms with Crippen molar-refractivity contribution in [1.29, 1.82) is 0 Å². The molecule has 0 atom stereocenters. The van der Waals surface area contributed by atoms with Gasteiger partial charge in [-0.1, -0.05) is 24.3 Å². The molecular weight excluding hydrogens is 250 g/mol. The SMILES string of the molecule is COC(=O)c1cccc(-c2ccc(F)cc2)c1CF. The third-order valence-electron chi connectivity index (χ3n) is 2.87. The van der Waals surface area contributed by atoms with E-state index in [9.17, 15) is 13.6 Å². The Labute approximate surface area is 109 Å². The Bertz CT molecular complexity index is 592. The Hall–Kier alpha value is -2.23. The maximum Gasteiger partial charge on any atom is 0.338 e. The molecule has 19 heavy (non-hydrogen) atoms. The van der Waals surface area contributed by atoms with Crippen molar-refractivity contribution in [3.63, 3.8) is 0 Å². The van der Waals surface area contributed by atoms with E-state index in [1.165, 1.54) is 25.3 Å². The maximum atomic E-state index is 13.2. The highest BCUT2D eigenvalue weighted by Gasteiger charge is 2.16. The Morgan fingerprint density at radius 2 is 1.84 bits per heavy atom. The van der Waals surface area contributed by atoms with Crippen LogP contribution in [0.25, 0.3) is 11.1 Å². The molecule has 0 saturated carbocycles. The molecular formula is C15H12F2O2. The number of rotatable bonds is 3. The summed E-state index contributed by atoms with van der Waals surface area (Å²) in [4.78, 5) is 11.6. The normalized spacial score (nSPS) is 10.3. The van der Waals surface area contributed by atoms with E-state index in [0.717, 1.165) is 0 Å². The van der Waals surface area contributed by atoms with Gasteiger partial charge in [-0.15, -0.1) is 0 Å². The Balaban J connectivity index is 2.57. The second-order valence-electron chi connectivity index (χ2n) is 3.96. The van der Waals surface area contributed by atoms with Gasteiger partial charge in [0.15, 0.2) is 0 Å². The number of carbonyl (C=O) groups excluding carboxylic acids is 1. The van der Waals surface area contributed by atoms with Crippen molar-refractivity contribution < 1.29 is 18.3 Å². The molecule has 0 radical (unpaired) electrons. The number of halogens is 2. The van der Waals surface area contributed by atoms with Gasteiger partial charge >= 0.3 is 5.97 Å². The number of benzene rings is 2. The fourth-order valence-corrected chi connectivity index (χ4v) is 1.93.